The SMILES string of the molecule is CC1(C)c2ccccc2-c2ccc(N(c3ccc4c(c3)C(C)(C)c3ccccc3-4)c3ccc4c(c3)C(C)(C)c3cc(-c5c6ccccc6c(-c6cc(-c7ccccc7)cc(-c7ccccc7)c6)c6cc7ccccc7cc56)ccc3-4)cc21. The molecule has 0 saturated carbocycles. The minimum atomic E-state index is -0.310. The molecule has 16 rings (SSSR count). The average molecular weight is 1050 g/mol. The summed E-state index contributed by atoms with van der Waals surface area (Å²) in [6.07, 6.45) is 0. The Labute approximate surface area is 481 Å². The molecule has 1 nitrogen and oxygen atoms in total. The molecule has 0 amide bonds. The number of rotatable bonds is 7. The van der Waals surface area contributed by atoms with Crippen molar-refractivity contribution in [3.8, 4) is 77.9 Å². The molecule has 0 aliphatic heterocycles. The van der Waals surface area contributed by atoms with Gasteiger partial charge in [0, 0.05) is 33.3 Å². The molecule has 0 aromatic heterocycles. The third-order valence-corrected chi connectivity index (χ3v) is 19.2. The van der Waals surface area contributed by atoms with Crippen molar-refractivity contribution in [2.75, 3.05) is 4.90 Å². The predicted molar refractivity (Wildman–Crippen MR) is 348 cm³/mol. The van der Waals surface area contributed by atoms with E-state index >= 15 is 0 Å². The van der Waals surface area contributed by atoms with E-state index in [-0.39, 0.29) is 16.2 Å². The standard InChI is InChI=1S/C81H61N/c1-79(2)71-31-19-17-27-61(71)64-38-34-58(47-74(64)79)82(59-35-39-65-62-28-18-20-32-72(62)80(3,4)75(65)48-59)60-36-40-66-63-37-33-54(46-73(63)81(5,6)76(66)49-60)77-67-29-15-16-30-68(67)78(70-45-53-26-14-13-25-52(53)44-69(70)77)57-42-55(50-21-9-7-10-22-50)41-56(43-57)51-23-11-8-12-24-51/h7-49H,1-6H3. The summed E-state index contributed by atoms with van der Waals surface area (Å²) in [5.41, 5.74) is 28.8. The van der Waals surface area contributed by atoms with E-state index in [9.17, 15) is 0 Å². The van der Waals surface area contributed by atoms with Crippen molar-refractivity contribution in [2.45, 2.75) is 57.8 Å². The van der Waals surface area contributed by atoms with Crippen LogP contribution in [0.2, 0.25) is 0 Å². The van der Waals surface area contributed by atoms with Gasteiger partial charge in [-0.3, -0.25) is 0 Å². The summed E-state index contributed by atoms with van der Waals surface area (Å²) in [4.78, 5) is 2.53. The van der Waals surface area contributed by atoms with E-state index in [0.717, 1.165) is 5.69 Å². The van der Waals surface area contributed by atoms with Crippen molar-refractivity contribution in [3.63, 3.8) is 0 Å². The Kier molecular flexibility index (Phi) is 10.4. The van der Waals surface area contributed by atoms with Gasteiger partial charge in [0.05, 0.1) is 0 Å². The topological polar surface area (TPSA) is 3.24 Å². The molecule has 1 heteroatoms. The molecule has 0 atom stereocenters. The smallest absolute Gasteiger partial charge is 0.0465 e. The van der Waals surface area contributed by atoms with Gasteiger partial charge in [-0.25, -0.2) is 0 Å². The summed E-state index contributed by atoms with van der Waals surface area (Å²) < 4.78 is 0. The van der Waals surface area contributed by atoms with Crippen LogP contribution in [0.25, 0.3) is 110 Å². The number of fused-ring (bicyclic) bond motifs is 12. The van der Waals surface area contributed by atoms with Crippen molar-refractivity contribution in [3.05, 3.63) is 294 Å². The fourth-order valence-corrected chi connectivity index (χ4v) is 15.0. The molecule has 13 aromatic carbocycles. The largest absolute Gasteiger partial charge is 0.310 e. The molecule has 0 N–H and O–H groups in total. The maximum Gasteiger partial charge on any atom is 0.0465 e. The Hall–Kier alpha value is -9.56. The van der Waals surface area contributed by atoms with E-state index in [0.29, 0.717) is 0 Å². The molecule has 0 spiro atoms. The second-order valence-corrected chi connectivity index (χ2v) is 24.8. The summed E-state index contributed by atoms with van der Waals surface area (Å²) in [7, 11) is 0. The van der Waals surface area contributed by atoms with E-state index in [1.54, 1.807) is 0 Å². The molecule has 0 radical (unpaired) electrons. The van der Waals surface area contributed by atoms with Crippen LogP contribution >= 0.6 is 0 Å². The molecule has 3 aliphatic rings. The summed E-state index contributed by atoms with van der Waals surface area (Å²) in [5.74, 6) is 0. The van der Waals surface area contributed by atoms with Crippen LogP contribution in [0.5, 0.6) is 0 Å². The zero-order valence-corrected chi connectivity index (χ0v) is 47.3. The third-order valence-electron chi connectivity index (χ3n) is 19.2. The highest BCUT2D eigenvalue weighted by molar-refractivity contribution is 6.24. The van der Waals surface area contributed by atoms with Gasteiger partial charge in [-0.05, 0) is 216 Å². The molecular weight excluding hydrogens is 987 g/mol. The Morgan fingerprint density at radius 1 is 0.220 bits per heavy atom. The van der Waals surface area contributed by atoms with Crippen LogP contribution in [0.15, 0.2) is 261 Å². The van der Waals surface area contributed by atoms with Crippen molar-refractivity contribution in [2.24, 2.45) is 0 Å². The second kappa shape index (κ2) is 17.7. The lowest BCUT2D eigenvalue weighted by Gasteiger charge is -2.31. The summed E-state index contributed by atoms with van der Waals surface area (Å²) in [6, 6.07) is 98.8. The van der Waals surface area contributed by atoms with E-state index in [1.807, 2.05) is 0 Å². The van der Waals surface area contributed by atoms with Gasteiger partial charge in [-0.1, -0.05) is 230 Å². The van der Waals surface area contributed by atoms with E-state index in [1.165, 1.54) is 155 Å². The van der Waals surface area contributed by atoms with E-state index in [4.69, 9.17) is 0 Å². The second-order valence-electron chi connectivity index (χ2n) is 24.8. The van der Waals surface area contributed by atoms with Crippen molar-refractivity contribution < 1.29 is 0 Å². The first-order valence-electron chi connectivity index (χ1n) is 29.1. The molecule has 390 valence electrons. The molecule has 3 aliphatic carbocycles. The van der Waals surface area contributed by atoms with Crippen LogP contribution < -0.4 is 4.90 Å². The summed E-state index contributed by atoms with van der Waals surface area (Å²) >= 11 is 0. The number of benzene rings is 13. The van der Waals surface area contributed by atoms with E-state index in [2.05, 4.69) is 307 Å². The van der Waals surface area contributed by atoms with Gasteiger partial charge in [0.25, 0.3) is 0 Å². The van der Waals surface area contributed by atoms with Crippen molar-refractivity contribution in [1.29, 1.82) is 0 Å². The first kappa shape index (κ1) is 48.4. The Balaban J connectivity index is 0.865. The highest BCUT2D eigenvalue weighted by Crippen LogP contribution is 2.57. The number of anilines is 3. The van der Waals surface area contributed by atoms with Crippen LogP contribution in [0, 0.1) is 0 Å². The fourth-order valence-electron chi connectivity index (χ4n) is 15.0. The van der Waals surface area contributed by atoms with Gasteiger partial charge >= 0.3 is 0 Å². The van der Waals surface area contributed by atoms with Crippen LogP contribution in [0.1, 0.15) is 74.9 Å². The van der Waals surface area contributed by atoms with Gasteiger partial charge in [0.15, 0.2) is 0 Å². The van der Waals surface area contributed by atoms with Crippen LogP contribution in [-0.4, -0.2) is 0 Å². The highest BCUT2D eigenvalue weighted by Gasteiger charge is 2.40. The zero-order valence-electron chi connectivity index (χ0n) is 47.3. The molecule has 82 heavy (non-hydrogen) atoms. The Morgan fingerprint density at radius 2 is 0.561 bits per heavy atom. The minimum Gasteiger partial charge on any atom is -0.310 e. The van der Waals surface area contributed by atoms with Crippen molar-refractivity contribution >= 4 is 49.4 Å². The zero-order chi connectivity index (χ0) is 55.2. The first-order valence-corrected chi connectivity index (χ1v) is 29.1. The summed E-state index contributed by atoms with van der Waals surface area (Å²) in [6.45, 7) is 14.4. The lowest BCUT2D eigenvalue weighted by molar-refractivity contribution is 0.659. The number of hydrogen-bond donors (Lipinski definition) is 0. The van der Waals surface area contributed by atoms with E-state index < -0.39 is 0 Å². The monoisotopic (exact) mass is 1050 g/mol. The van der Waals surface area contributed by atoms with Crippen LogP contribution in [0.3, 0.4) is 0 Å². The molecular formula is C81H61N. The molecule has 0 saturated heterocycles. The molecule has 0 heterocycles. The van der Waals surface area contributed by atoms with Crippen LogP contribution in [-0.2, 0) is 16.2 Å². The maximum absolute atomic E-state index is 2.53. The summed E-state index contributed by atoms with van der Waals surface area (Å²) in [5, 5.41) is 7.47. The fraction of sp³-hybridized carbons (Fsp3) is 0.111. The minimum absolute atomic E-state index is 0.141. The van der Waals surface area contributed by atoms with Crippen LogP contribution in [0.4, 0.5) is 17.1 Å². The molecule has 0 bridgehead atoms. The van der Waals surface area contributed by atoms with Crippen molar-refractivity contribution in [1.82, 2.24) is 0 Å². The Bertz CT molecular complexity index is 4660. The van der Waals surface area contributed by atoms with Gasteiger partial charge in [0.1, 0.15) is 0 Å². The molecule has 0 fully saturated rings. The molecule has 0 unspecified atom stereocenters. The third kappa shape index (κ3) is 7.12. The normalized spacial score (nSPS) is 14.5. The Morgan fingerprint density at radius 3 is 1.02 bits per heavy atom. The molecule has 13 aromatic rings. The van der Waals surface area contributed by atoms with Gasteiger partial charge < -0.3 is 4.90 Å². The quantitative estimate of drug-likeness (QED) is 0.144. The highest BCUT2D eigenvalue weighted by atomic mass is 15.1. The lowest BCUT2D eigenvalue weighted by Crippen LogP contribution is -2.19. The van der Waals surface area contributed by atoms with Gasteiger partial charge in [0.2, 0.25) is 0 Å². The lowest BCUT2D eigenvalue weighted by atomic mass is 9.80. The number of hydrogen-bond acceptors (Lipinski definition) is 1. The predicted octanol–water partition coefficient (Wildman–Crippen LogP) is 22.2. The van der Waals surface area contributed by atoms with Gasteiger partial charge in [-0.2, -0.15) is 0 Å². The van der Waals surface area contributed by atoms with Gasteiger partial charge in [-0.15, -0.1) is 0 Å². The average Bonchev–Trinajstić information content (AvgIpc) is 3.47. The maximum atomic E-state index is 2.53. The number of nitrogens with zero attached hydrogens (tertiary/aromatic N) is 1. The first-order chi connectivity index (χ1) is 39.9.